The van der Waals surface area contributed by atoms with Gasteiger partial charge in [0.05, 0.1) is 0 Å². The number of aromatic nitrogens is 3. The zero-order valence-corrected chi connectivity index (χ0v) is 21.0. The Kier molecular flexibility index (Phi) is 6.37. The van der Waals surface area contributed by atoms with E-state index in [1.54, 1.807) is 23.5 Å². The first-order chi connectivity index (χ1) is 17.7. The van der Waals surface area contributed by atoms with Crippen LogP contribution in [0.1, 0.15) is 36.7 Å². The van der Waals surface area contributed by atoms with Gasteiger partial charge in [-0.25, -0.2) is 19.2 Å². The van der Waals surface area contributed by atoms with Crippen molar-refractivity contribution in [1.29, 1.82) is 0 Å². The molecule has 0 atom stereocenters. The van der Waals surface area contributed by atoms with Crippen molar-refractivity contribution in [1.82, 2.24) is 19.9 Å². The Morgan fingerprint density at radius 1 is 0.973 bits per heavy atom. The summed E-state index contributed by atoms with van der Waals surface area (Å²) >= 11 is 0. The minimum Gasteiger partial charge on any atom is -0.444 e. The molecule has 190 valence electrons. The Balaban J connectivity index is 1.35. The number of rotatable bonds is 4. The van der Waals surface area contributed by atoms with Crippen LogP contribution in [0, 0.1) is 5.82 Å². The Morgan fingerprint density at radius 2 is 1.70 bits per heavy atom. The van der Waals surface area contributed by atoms with Gasteiger partial charge in [0.15, 0.2) is 5.78 Å². The van der Waals surface area contributed by atoms with Crippen LogP contribution in [0.5, 0.6) is 0 Å². The summed E-state index contributed by atoms with van der Waals surface area (Å²) in [6, 6.07) is 11.3. The van der Waals surface area contributed by atoms with Crippen molar-refractivity contribution < 1.29 is 18.7 Å². The van der Waals surface area contributed by atoms with Gasteiger partial charge in [-0.2, -0.15) is 0 Å². The maximum atomic E-state index is 13.3. The molecule has 1 aromatic carbocycles. The molecule has 3 aromatic heterocycles. The molecule has 1 aliphatic heterocycles. The molecule has 4 aromatic rings. The van der Waals surface area contributed by atoms with E-state index in [1.165, 1.54) is 24.3 Å². The first-order valence-electron chi connectivity index (χ1n) is 12.1. The lowest BCUT2D eigenvalue weighted by molar-refractivity contribution is 0.0240. The lowest BCUT2D eigenvalue weighted by atomic mass is 10.0. The number of aromatic amines is 1. The Hall–Kier alpha value is -4.27. The first kappa shape index (κ1) is 24.4. The molecule has 0 saturated carbocycles. The molecule has 0 radical (unpaired) electrons. The number of H-pyrrole nitrogens is 1. The van der Waals surface area contributed by atoms with Crippen molar-refractivity contribution in [2.75, 3.05) is 31.1 Å². The molecule has 1 saturated heterocycles. The number of hydrogen-bond acceptors (Lipinski definition) is 6. The second-order valence-electron chi connectivity index (χ2n) is 10.0. The van der Waals surface area contributed by atoms with Crippen molar-refractivity contribution in [3.05, 3.63) is 78.0 Å². The molecule has 1 amide bonds. The molecule has 1 N–H and O–H groups in total. The fourth-order valence-corrected chi connectivity index (χ4v) is 4.32. The number of nitrogens with one attached hydrogen (secondary N) is 1. The summed E-state index contributed by atoms with van der Waals surface area (Å²) in [6.07, 6.45) is 4.84. The Morgan fingerprint density at radius 3 is 2.41 bits per heavy atom. The largest absolute Gasteiger partial charge is 0.444 e. The van der Waals surface area contributed by atoms with E-state index in [1.807, 2.05) is 39.0 Å². The van der Waals surface area contributed by atoms with E-state index in [2.05, 4.69) is 19.9 Å². The number of ketones is 1. The molecule has 37 heavy (non-hydrogen) atoms. The van der Waals surface area contributed by atoms with E-state index >= 15 is 0 Å². The quantitative estimate of drug-likeness (QED) is 0.394. The number of benzene rings is 1. The summed E-state index contributed by atoms with van der Waals surface area (Å²) < 4.78 is 18.8. The van der Waals surface area contributed by atoms with E-state index in [-0.39, 0.29) is 17.7 Å². The number of halogens is 1. The van der Waals surface area contributed by atoms with Gasteiger partial charge in [-0.05, 0) is 68.8 Å². The molecular weight excluding hydrogens is 473 g/mol. The van der Waals surface area contributed by atoms with Gasteiger partial charge < -0.3 is 19.5 Å². The third-order valence-electron chi connectivity index (χ3n) is 6.22. The van der Waals surface area contributed by atoms with Crippen LogP contribution in [-0.4, -0.2) is 63.5 Å². The number of pyridine rings is 2. The van der Waals surface area contributed by atoms with Crippen molar-refractivity contribution in [3.8, 4) is 11.1 Å². The highest BCUT2D eigenvalue weighted by atomic mass is 19.1. The number of piperazine rings is 1. The number of fused-ring (bicyclic) bond motifs is 1. The summed E-state index contributed by atoms with van der Waals surface area (Å²) in [4.78, 5) is 41.4. The highest BCUT2D eigenvalue weighted by Crippen LogP contribution is 2.28. The minimum absolute atomic E-state index is 0.205. The molecule has 1 aliphatic rings. The Labute approximate surface area is 214 Å². The van der Waals surface area contributed by atoms with Crippen molar-refractivity contribution >= 4 is 28.7 Å². The highest BCUT2D eigenvalue weighted by Gasteiger charge is 2.26. The third-order valence-corrected chi connectivity index (χ3v) is 6.22. The van der Waals surface area contributed by atoms with Crippen LogP contribution in [0.3, 0.4) is 0 Å². The molecule has 9 heteroatoms. The van der Waals surface area contributed by atoms with Gasteiger partial charge in [-0.1, -0.05) is 0 Å². The van der Waals surface area contributed by atoms with Gasteiger partial charge >= 0.3 is 6.09 Å². The normalized spacial score (nSPS) is 14.2. The maximum Gasteiger partial charge on any atom is 0.410 e. The smallest absolute Gasteiger partial charge is 0.410 e. The van der Waals surface area contributed by atoms with Gasteiger partial charge in [-0.15, -0.1) is 0 Å². The number of amides is 1. The average molecular weight is 502 g/mol. The van der Waals surface area contributed by atoms with Crippen LogP contribution in [-0.2, 0) is 4.74 Å². The zero-order valence-electron chi connectivity index (χ0n) is 21.0. The van der Waals surface area contributed by atoms with E-state index in [4.69, 9.17) is 4.74 Å². The van der Waals surface area contributed by atoms with Gasteiger partial charge in [0.2, 0.25) is 0 Å². The van der Waals surface area contributed by atoms with E-state index < -0.39 is 5.60 Å². The molecule has 0 unspecified atom stereocenters. The fraction of sp³-hybridized carbons (Fsp3) is 0.286. The van der Waals surface area contributed by atoms with Crippen LogP contribution >= 0.6 is 0 Å². The lowest BCUT2D eigenvalue weighted by Crippen LogP contribution is -2.50. The molecule has 0 spiro atoms. The topological polar surface area (TPSA) is 91.4 Å². The molecule has 0 aliphatic carbocycles. The third kappa shape index (κ3) is 5.30. The van der Waals surface area contributed by atoms with E-state index in [0.717, 1.165) is 16.9 Å². The fourth-order valence-electron chi connectivity index (χ4n) is 4.32. The monoisotopic (exact) mass is 501 g/mol. The maximum absolute atomic E-state index is 13.3. The van der Waals surface area contributed by atoms with Gasteiger partial charge in [0, 0.05) is 66.8 Å². The number of carbonyl (C=O) groups excluding carboxylic acids is 2. The summed E-state index contributed by atoms with van der Waals surface area (Å²) in [6.45, 7) is 7.95. The number of hydrogen-bond donors (Lipinski definition) is 1. The first-order valence-corrected chi connectivity index (χ1v) is 12.1. The molecule has 1 fully saturated rings. The van der Waals surface area contributed by atoms with Gasteiger partial charge in [0.1, 0.15) is 22.9 Å². The number of nitrogens with zero attached hydrogens (tertiary/aromatic N) is 4. The van der Waals surface area contributed by atoms with Crippen LogP contribution in [0.15, 0.2) is 61.1 Å². The zero-order chi connectivity index (χ0) is 26.2. The van der Waals surface area contributed by atoms with Crippen LogP contribution < -0.4 is 4.90 Å². The SMILES string of the molecule is CC(C)(C)OC(=O)N1CCN(c2cc(-c3cnc4[nH]cc(C(=O)c5ccc(F)cc5)c4c3)ccn2)CC1. The average Bonchev–Trinajstić information content (AvgIpc) is 3.31. The second-order valence-corrected chi connectivity index (χ2v) is 10.0. The van der Waals surface area contributed by atoms with Gasteiger partial charge in [-0.3, -0.25) is 4.79 Å². The molecular formula is C28H28FN5O3. The molecule has 4 heterocycles. The van der Waals surface area contributed by atoms with Crippen LogP contribution in [0.25, 0.3) is 22.2 Å². The van der Waals surface area contributed by atoms with E-state index in [9.17, 15) is 14.0 Å². The molecule has 5 rings (SSSR count). The number of ether oxygens (including phenoxy) is 1. The molecule has 8 nitrogen and oxygen atoms in total. The predicted molar refractivity (Wildman–Crippen MR) is 139 cm³/mol. The summed E-state index contributed by atoms with van der Waals surface area (Å²) in [5, 5.41) is 0.691. The number of carbonyl (C=O) groups is 2. The van der Waals surface area contributed by atoms with Crippen molar-refractivity contribution in [2.45, 2.75) is 26.4 Å². The lowest BCUT2D eigenvalue weighted by Gasteiger charge is -2.36. The van der Waals surface area contributed by atoms with Crippen molar-refractivity contribution in [2.24, 2.45) is 0 Å². The van der Waals surface area contributed by atoms with Crippen LogP contribution in [0.4, 0.5) is 15.0 Å². The van der Waals surface area contributed by atoms with Crippen molar-refractivity contribution in [3.63, 3.8) is 0 Å². The Bertz CT molecular complexity index is 1450. The second kappa shape index (κ2) is 9.65. The minimum atomic E-state index is -0.526. The standard InChI is InChI=1S/C28H28FN5O3/c1-28(2,3)37-27(36)34-12-10-33(11-13-34)24-15-19(8-9-30-24)20-14-22-23(17-32-26(22)31-16-20)25(35)18-4-6-21(29)7-5-18/h4-9,14-17H,10-13H2,1-3H3,(H,31,32). The summed E-state index contributed by atoms with van der Waals surface area (Å²) in [7, 11) is 0. The predicted octanol–water partition coefficient (Wildman–Crippen LogP) is 5.05. The summed E-state index contributed by atoms with van der Waals surface area (Å²) in [5.41, 5.74) is 2.71. The van der Waals surface area contributed by atoms with E-state index in [0.29, 0.717) is 48.3 Å². The summed E-state index contributed by atoms with van der Waals surface area (Å²) in [5.74, 6) is 0.209. The number of anilines is 1. The highest BCUT2D eigenvalue weighted by molar-refractivity contribution is 6.16. The van der Waals surface area contributed by atoms with Crippen LogP contribution in [0.2, 0.25) is 0 Å². The van der Waals surface area contributed by atoms with Gasteiger partial charge in [0.25, 0.3) is 0 Å². The molecule has 0 bridgehead atoms.